The molecule has 0 saturated carbocycles. The van der Waals surface area contributed by atoms with E-state index in [-0.39, 0.29) is 6.04 Å². The van der Waals surface area contributed by atoms with Crippen molar-refractivity contribution in [1.82, 2.24) is 10.6 Å². The van der Waals surface area contributed by atoms with Crippen molar-refractivity contribution in [3.8, 4) is 0 Å². The lowest BCUT2D eigenvalue weighted by Crippen LogP contribution is -2.39. The SMILES string of the molecule is CN=C(NCCCCSC)NC(C)c1ccccc1Cl. The first-order valence-electron chi connectivity index (χ1n) is 6.89. The highest BCUT2D eigenvalue weighted by Crippen LogP contribution is 2.21. The number of nitrogens with zero attached hydrogens (tertiary/aromatic N) is 1. The number of hydrogen-bond acceptors (Lipinski definition) is 2. The molecule has 1 atom stereocenters. The second kappa shape index (κ2) is 9.94. The van der Waals surface area contributed by atoms with Crippen LogP contribution in [0, 0.1) is 0 Å². The summed E-state index contributed by atoms with van der Waals surface area (Å²) in [5, 5.41) is 7.48. The van der Waals surface area contributed by atoms with E-state index >= 15 is 0 Å². The minimum absolute atomic E-state index is 0.126. The highest BCUT2D eigenvalue weighted by Gasteiger charge is 2.10. The van der Waals surface area contributed by atoms with Crippen LogP contribution in [0.1, 0.15) is 31.4 Å². The fourth-order valence-electron chi connectivity index (χ4n) is 1.88. The van der Waals surface area contributed by atoms with Gasteiger partial charge in [0.1, 0.15) is 0 Å². The van der Waals surface area contributed by atoms with Crippen molar-refractivity contribution in [2.45, 2.75) is 25.8 Å². The predicted octanol–water partition coefficient (Wildman–Crippen LogP) is 3.71. The standard InChI is InChI=1S/C15H24ClN3S/c1-12(13-8-4-5-9-14(13)16)19-15(17-2)18-10-6-7-11-20-3/h4-5,8-9,12H,6-7,10-11H2,1-3H3,(H2,17,18,19). The molecule has 0 bridgehead atoms. The molecular formula is C15H24ClN3S. The van der Waals surface area contributed by atoms with E-state index in [1.807, 2.05) is 36.0 Å². The van der Waals surface area contributed by atoms with E-state index in [2.05, 4.69) is 28.8 Å². The molecule has 112 valence electrons. The minimum atomic E-state index is 0.126. The van der Waals surface area contributed by atoms with Gasteiger partial charge in [-0.15, -0.1) is 0 Å². The summed E-state index contributed by atoms with van der Waals surface area (Å²) in [6.07, 6.45) is 4.52. The van der Waals surface area contributed by atoms with Gasteiger partial charge in [-0.3, -0.25) is 4.99 Å². The van der Waals surface area contributed by atoms with E-state index in [1.54, 1.807) is 7.05 Å². The number of unbranched alkanes of at least 4 members (excludes halogenated alkanes) is 1. The summed E-state index contributed by atoms with van der Waals surface area (Å²) in [6, 6.07) is 8.01. The second-order valence-electron chi connectivity index (χ2n) is 4.59. The van der Waals surface area contributed by atoms with Crippen LogP contribution in [-0.4, -0.2) is 31.6 Å². The molecule has 0 heterocycles. The largest absolute Gasteiger partial charge is 0.356 e. The van der Waals surface area contributed by atoms with Gasteiger partial charge in [0.2, 0.25) is 0 Å². The molecular weight excluding hydrogens is 290 g/mol. The summed E-state index contributed by atoms with van der Waals surface area (Å²) < 4.78 is 0. The molecule has 0 aromatic heterocycles. The maximum absolute atomic E-state index is 6.20. The van der Waals surface area contributed by atoms with Gasteiger partial charge in [0.15, 0.2) is 5.96 Å². The zero-order valence-electron chi connectivity index (χ0n) is 12.4. The zero-order valence-corrected chi connectivity index (χ0v) is 14.0. The van der Waals surface area contributed by atoms with Crippen molar-refractivity contribution in [1.29, 1.82) is 0 Å². The molecule has 0 spiro atoms. The first-order valence-corrected chi connectivity index (χ1v) is 8.66. The number of hydrogen-bond donors (Lipinski definition) is 2. The number of nitrogens with one attached hydrogen (secondary N) is 2. The molecule has 1 aromatic rings. The van der Waals surface area contributed by atoms with Crippen LogP contribution in [0.15, 0.2) is 29.3 Å². The molecule has 1 unspecified atom stereocenters. The van der Waals surface area contributed by atoms with Crippen LogP contribution >= 0.6 is 23.4 Å². The van der Waals surface area contributed by atoms with Crippen LogP contribution in [0.3, 0.4) is 0 Å². The van der Waals surface area contributed by atoms with Crippen LogP contribution in [0.4, 0.5) is 0 Å². The number of benzene rings is 1. The lowest BCUT2D eigenvalue weighted by atomic mass is 10.1. The molecule has 0 saturated heterocycles. The fraction of sp³-hybridized carbons (Fsp3) is 0.533. The smallest absolute Gasteiger partial charge is 0.191 e. The lowest BCUT2D eigenvalue weighted by molar-refractivity contribution is 0.672. The quantitative estimate of drug-likeness (QED) is 0.458. The molecule has 0 aliphatic heterocycles. The number of rotatable bonds is 7. The van der Waals surface area contributed by atoms with Crippen molar-refractivity contribution in [3.63, 3.8) is 0 Å². The number of aliphatic imine (C=N–C) groups is 1. The molecule has 0 aliphatic carbocycles. The van der Waals surface area contributed by atoms with E-state index in [1.165, 1.54) is 12.2 Å². The molecule has 1 rings (SSSR count). The highest BCUT2D eigenvalue weighted by atomic mass is 35.5. The average Bonchev–Trinajstić information content (AvgIpc) is 2.46. The van der Waals surface area contributed by atoms with Crippen molar-refractivity contribution in [3.05, 3.63) is 34.9 Å². The zero-order chi connectivity index (χ0) is 14.8. The lowest BCUT2D eigenvalue weighted by Gasteiger charge is -2.19. The van der Waals surface area contributed by atoms with Crippen molar-refractivity contribution in [2.75, 3.05) is 25.6 Å². The molecule has 5 heteroatoms. The van der Waals surface area contributed by atoms with E-state index in [9.17, 15) is 0 Å². The molecule has 0 fully saturated rings. The summed E-state index contributed by atoms with van der Waals surface area (Å²) in [6.45, 7) is 3.03. The Hall–Kier alpha value is -0.870. The van der Waals surface area contributed by atoms with Crippen molar-refractivity contribution in [2.24, 2.45) is 4.99 Å². The highest BCUT2D eigenvalue weighted by molar-refractivity contribution is 7.98. The third-order valence-corrected chi connectivity index (χ3v) is 4.06. The maximum Gasteiger partial charge on any atom is 0.191 e. The summed E-state index contributed by atoms with van der Waals surface area (Å²) in [4.78, 5) is 4.25. The van der Waals surface area contributed by atoms with Gasteiger partial charge >= 0.3 is 0 Å². The monoisotopic (exact) mass is 313 g/mol. The maximum atomic E-state index is 6.20. The van der Waals surface area contributed by atoms with Gasteiger partial charge in [-0.05, 0) is 43.4 Å². The van der Waals surface area contributed by atoms with Crippen LogP contribution in [0.2, 0.25) is 5.02 Å². The Bertz CT molecular complexity index is 423. The predicted molar refractivity (Wildman–Crippen MR) is 92.0 cm³/mol. The Kier molecular flexibility index (Phi) is 8.54. The Labute approximate surface area is 131 Å². The second-order valence-corrected chi connectivity index (χ2v) is 5.98. The van der Waals surface area contributed by atoms with Gasteiger partial charge in [-0.1, -0.05) is 29.8 Å². The summed E-state index contributed by atoms with van der Waals surface area (Å²) in [5.41, 5.74) is 1.08. The third kappa shape index (κ3) is 6.06. The first-order chi connectivity index (χ1) is 9.69. The summed E-state index contributed by atoms with van der Waals surface area (Å²) >= 11 is 8.09. The Morgan fingerprint density at radius 2 is 2.10 bits per heavy atom. The van der Waals surface area contributed by atoms with Gasteiger partial charge < -0.3 is 10.6 Å². The van der Waals surface area contributed by atoms with Crippen LogP contribution in [-0.2, 0) is 0 Å². The Morgan fingerprint density at radius 3 is 2.75 bits per heavy atom. The molecule has 0 aliphatic rings. The van der Waals surface area contributed by atoms with Gasteiger partial charge in [0.05, 0.1) is 6.04 Å². The molecule has 2 N–H and O–H groups in total. The van der Waals surface area contributed by atoms with Gasteiger partial charge in [-0.2, -0.15) is 11.8 Å². The normalized spacial score (nSPS) is 13.1. The van der Waals surface area contributed by atoms with Crippen LogP contribution in [0.25, 0.3) is 0 Å². The first kappa shape index (κ1) is 17.2. The van der Waals surface area contributed by atoms with Gasteiger partial charge in [0, 0.05) is 18.6 Å². The molecule has 1 aromatic carbocycles. The number of thioether (sulfide) groups is 1. The van der Waals surface area contributed by atoms with E-state index in [0.29, 0.717) is 0 Å². The van der Waals surface area contributed by atoms with Gasteiger partial charge in [-0.25, -0.2) is 0 Å². The Morgan fingerprint density at radius 1 is 1.35 bits per heavy atom. The minimum Gasteiger partial charge on any atom is -0.356 e. The van der Waals surface area contributed by atoms with E-state index < -0.39 is 0 Å². The molecule has 3 nitrogen and oxygen atoms in total. The van der Waals surface area contributed by atoms with E-state index in [0.717, 1.165) is 29.5 Å². The summed E-state index contributed by atoms with van der Waals surface area (Å²) in [5.74, 6) is 2.03. The summed E-state index contributed by atoms with van der Waals surface area (Å²) in [7, 11) is 1.79. The molecule has 0 radical (unpaired) electrons. The average molecular weight is 314 g/mol. The molecule has 20 heavy (non-hydrogen) atoms. The van der Waals surface area contributed by atoms with Crippen LogP contribution in [0.5, 0.6) is 0 Å². The topological polar surface area (TPSA) is 36.4 Å². The van der Waals surface area contributed by atoms with Crippen molar-refractivity contribution < 1.29 is 0 Å². The Balaban J connectivity index is 2.42. The van der Waals surface area contributed by atoms with E-state index in [4.69, 9.17) is 11.6 Å². The fourth-order valence-corrected chi connectivity index (χ4v) is 2.67. The van der Waals surface area contributed by atoms with Gasteiger partial charge in [0.25, 0.3) is 0 Å². The third-order valence-electron chi connectivity index (χ3n) is 3.02. The van der Waals surface area contributed by atoms with Crippen LogP contribution < -0.4 is 10.6 Å². The number of halogens is 1. The molecule has 0 amide bonds. The number of guanidine groups is 1. The van der Waals surface area contributed by atoms with Crippen molar-refractivity contribution >= 4 is 29.3 Å².